The van der Waals surface area contributed by atoms with Gasteiger partial charge in [0.15, 0.2) is 11.5 Å². The Morgan fingerprint density at radius 3 is 2.68 bits per heavy atom. The number of amides is 1. The molecule has 0 fully saturated rings. The maximum absolute atomic E-state index is 12.4. The third-order valence-corrected chi connectivity index (χ3v) is 4.30. The van der Waals surface area contributed by atoms with E-state index in [9.17, 15) is 4.79 Å². The van der Waals surface area contributed by atoms with Crippen LogP contribution in [0.4, 0.5) is 0 Å². The molecule has 0 saturated carbocycles. The lowest BCUT2D eigenvalue weighted by Gasteiger charge is -2.16. The number of methoxy groups -OCH3 is 1. The molecule has 0 aliphatic carbocycles. The Morgan fingerprint density at radius 1 is 1.29 bits per heavy atom. The second-order valence-electron chi connectivity index (χ2n) is 5.97. The van der Waals surface area contributed by atoms with E-state index in [2.05, 4.69) is 26.5 Å². The Balaban J connectivity index is 2.20. The fraction of sp³-hybridized carbons (Fsp3) is 0.300. The molecule has 0 saturated heterocycles. The number of rotatable bonds is 8. The minimum Gasteiger partial charge on any atom is -0.496 e. The zero-order valence-electron chi connectivity index (χ0n) is 16.1. The molecule has 0 unspecified atom stereocenters. The number of hydrogen-bond acceptors (Lipinski definition) is 5. The van der Waals surface area contributed by atoms with E-state index in [1.807, 2.05) is 26.8 Å². The minimum atomic E-state index is -0.431. The van der Waals surface area contributed by atoms with E-state index < -0.39 is 5.91 Å². The van der Waals surface area contributed by atoms with Gasteiger partial charge in [-0.05, 0) is 72.6 Å². The summed E-state index contributed by atoms with van der Waals surface area (Å²) in [5, 5.41) is 4.45. The van der Waals surface area contributed by atoms with Crippen LogP contribution in [0.3, 0.4) is 0 Å². The van der Waals surface area contributed by atoms with E-state index >= 15 is 0 Å². The second kappa shape index (κ2) is 10.3. The normalized spacial score (nSPS) is 11.0. The minimum absolute atomic E-state index is 0.00184. The topological polar surface area (TPSA) is 69.2 Å². The molecular weight excluding hydrogens is 448 g/mol. The number of benzene rings is 2. The standard InChI is InChI=1S/C20H22BrClN2O4/c1-5-27-18-9-13(8-16(21)19(18)28-12(2)3)11-23-24-20(25)15-10-14(22)6-7-17(15)26-4/h6-12H,5H2,1-4H3,(H,24,25)/b23-11-. The highest BCUT2D eigenvalue weighted by Gasteiger charge is 2.14. The molecule has 0 aliphatic heterocycles. The van der Waals surface area contributed by atoms with Crippen molar-refractivity contribution in [2.75, 3.05) is 13.7 Å². The molecule has 28 heavy (non-hydrogen) atoms. The number of carbonyl (C=O) groups excluding carboxylic acids is 1. The molecule has 2 aromatic carbocycles. The molecule has 2 aromatic rings. The molecule has 0 spiro atoms. The van der Waals surface area contributed by atoms with Gasteiger partial charge in [0.25, 0.3) is 5.91 Å². The maximum atomic E-state index is 12.4. The molecule has 2 rings (SSSR count). The van der Waals surface area contributed by atoms with E-state index in [4.69, 9.17) is 25.8 Å². The van der Waals surface area contributed by atoms with Gasteiger partial charge < -0.3 is 14.2 Å². The number of nitrogens with one attached hydrogen (secondary N) is 1. The molecule has 0 atom stereocenters. The highest BCUT2D eigenvalue weighted by molar-refractivity contribution is 9.10. The lowest BCUT2D eigenvalue weighted by Crippen LogP contribution is -2.18. The molecule has 0 bridgehead atoms. The molecule has 0 radical (unpaired) electrons. The summed E-state index contributed by atoms with van der Waals surface area (Å²) in [5.74, 6) is 1.20. The van der Waals surface area contributed by atoms with E-state index in [0.29, 0.717) is 34.4 Å². The first kappa shape index (κ1) is 22.0. The molecule has 1 amide bonds. The molecule has 6 nitrogen and oxygen atoms in total. The van der Waals surface area contributed by atoms with Crippen molar-refractivity contribution in [2.24, 2.45) is 5.10 Å². The summed E-state index contributed by atoms with van der Waals surface area (Å²) in [6.07, 6.45) is 1.52. The van der Waals surface area contributed by atoms with Crippen LogP contribution in [0.5, 0.6) is 17.2 Å². The van der Waals surface area contributed by atoms with Crippen LogP contribution in [0.1, 0.15) is 36.7 Å². The monoisotopic (exact) mass is 468 g/mol. The van der Waals surface area contributed by atoms with Crippen molar-refractivity contribution in [2.45, 2.75) is 26.9 Å². The van der Waals surface area contributed by atoms with Gasteiger partial charge >= 0.3 is 0 Å². The van der Waals surface area contributed by atoms with Gasteiger partial charge in [-0.3, -0.25) is 4.79 Å². The van der Waals surface area contributed by atoms with Gasteiger partial charge in [0, 0.05) is 5.02 Å². The maximum Gasteiger partial charge on any atom is 0.275 e. The predicted molar refractivity (Wildman–Crippen MR) is 114 cm³/mol. The lowest BCUT2D eigenvalue weighted by atomic mass is 10.2. The van der Waals surface area contributed by atoms with Gasteiger partial charge in [-0.15, -0.1) is 0 Å². The summed E-state index contributed by atoms with van der Waals surface area (Å²) in [7, 11) is 1.48. The quantitative estimate of drug-likeness (QED) is 0.433. The van der Waals surface area contributed by atoms with E-state index in [0.717, 1.165) is 10.0 Å². The van der Waals surface area contributed by atoms with Gasteiger partial charge in [-0.1, -0.05) is 11.6 Å². The fourth-order valence-corrected chi connectivity index (χ4v) is 3.08. The second-order valence-corrected chi connectivity index (χ2v) is 7.26. The Bertz CT molecular complexity index is 872. The number of ether oxygens (including phenoxy) is 3. The van der Waals surface area contributed by atoms with Gasteiger partial charge in [0.2, 0.25) is 0 Å². The Kier molecular flexibility index (Phi) is 8.14. The Labute approximate surface area is 177 Å². The van der Waals surface area contributed by atoms with Crippen LogP contribution in [0.25, 0.3) is 0 Å². The van der Waals surface area contributed by atoms with Crippen molar-refractivity contribution in [3.05, 3.63) is 51.0 Å². The molecule has 1 N–H and O–H groups in total. The zero-order chi connectivity index (χ0) is 20.7. The first-order chi connectivity index (χ1) is 13.3. The third kappa shape index (κ3) is 5.87. The molecule has 0 heterocycles. The predicted octanol–water partition coefficient (Wildman–Crippen LogP) is 5.06. The number of hydrogen-bond donors (Lipinski definition) is 1. The number of halogens is 2. The first-order valence-electron chi connectivity index (χ1n) is 8.65. The number of nitrogens with zero attached hydrogens (tertiary/aromatic N) is 1. The van der Waals surface area contributed by atoms with Gasteiger partial charge in [0.1, 0.15) is 5.75 Å². The van der Waals surface area contributed by atoms with Crippen molar-refractivity contribution in [1.82, 2.24) is 5.43 Å². The number of carbonyl (C=O) groups is 1. The lowest BCUT2D eigenvalue weighted by molar-refractivity contribution is 0.0952. The average Bonchev–Trinajstić information content (AvgIpc) is 2.64. The Morgan fingerprint density at radius 2 is 2.04 bits per heavy atom. The fourth-order valence-electron chi connectivity index (χ4n) is 2.36. The van der Waals surface area contributed by atoms with Crippen LogP contribution >= 0.6 is 27.5 Å². The van der Waals surface area contributed by atoms with E-state index in [1.54, 1.807) is 18.2 Å². The smallest absolute Gasteiger partial charge is 0.275 e. The summed E-state index contributed by atoms with van der Waals surface area (Å²) in [6, 6.07) is 8.42. The summed E-state index contributed by atoms with van der Waals surface area (Å²) >= 11 is 9.45. The Hall–Kier alpha value is -2.25. The van der Waals surface area contributed by atoms with Crippen LogP contribution in [0.15, 0.2) is 39.9 Å². The summed E-state index contributed by atoms with van der Waals surface area (Å²) in [4.78, 5) is 12.4. The largest absolute Gasteiger partial charge is 0.496 e. The molecule has 0 aliphatic rings. The van der Waals surface area contributed by atoms with Crippen molar-refractivity contribution < 1.29 is 19.0 Å². The molecule has 8 heteroatoms. The van der Waals surface area contributed by atoms with Crippen LogP contribution in [-0.2, 0) is 0 Å². The van der Waals surface area contributed by atoms with Crippen LogP contribution < -0.4 is 19.6 Å². The van der Waals surface area contributed by atoms with Crippen molar-refractivity contribution in [3.8, 4) is 17.2 Å². The van der Waals surface area contributed by atoms with E-state index in [1.165, 1.54) is 19.4 Å². The highest BCUT2D eigenvalue weighted by atomic mass is 79.9. The summed E-state index contributed by atoms with van der Waals surface area (Å²) in [6.45, 7) is 6.27. The summed E-state index contributed by atoms with van der Waals surface area (Å²) < 4.78 is 17.4. The van der Waals surface area contributed by atoms with E-state index in [-0.39, 0.29) is 6.10 Å². The van der Waals surface area contributed by atoms with Crippen molar-refractivity contribution in [1.29, 1.82) is 0 Å². The van der Waals surface area contributed by atoms with Gasteiger partial charge in [0.05, 0.1) is 36.1 Å². The summed E-state index contributed by atoms with van der Waals surface area (Å²) in [5.41, 5.74) is 3.49. The SMILES string of the molecule is CCOc1cc(/C=N\NC(=O)c2cc(Cl)ccc2OC)cc(Br)c1OC(C)C. The van der Waals surface area contributed by atoms with Gasteiger partial charge in [-0.25, -0.2) is 5.43 Å². The third-order valence-electron chi connectivity index (χ3n) is 3.47. The van der Waals surface area contributed by atoms with Crippen LogP contribution in [0.2, 0.25) is 5.02 Å². The molecular formula is C20H22BrClN2O4. The zero-order valence-corrected chi connectivity index (χ0v) is 18.4. The van der Waals surface area contributed by atoms with Gasteiger partial charge in [-0.2, -0.15) is 5.10 Å². The van der Waals surface area contributed by atoms with Crippen molar-refractivity contribution >= 4 is 39.7 Å². The molecule has 0 aromatic heterocycles. The highest BCUT2D eigenvalue weighted by Crippen LogP contribution is 2.37. The average molecular weight is 470 g/mol. The first-order valence-corrected chi connectivity index (χ1v) is 9.82. The molecule has 150 valence electrons. The number of hydrazone groups is 1. The van der Waals surface area contributed by atoms with Crippen LogP contribution in [0, 0.1) is 0 Å². The van der Waals surface area contributed by atoms with Crippen LogP contribution in [-0.4, -0.2) is 31.9 Å². The van der Waals surface area contributed by atoms with Crippen molar-refractivity contribution in [3.63, 3.8) is 0 Å².